The van der Waals surface area contributed by atoms with Crippen molar-refractivity contribution in [2.75, 3.05) is 17.4 Å². The highest BCUT2D eigenvalue weighted by molar-refractivity contribution is 7.91. The number of carboxylic acids is 1. The number of hydrogen-bond acceptors (Lipinski definition) is 14. The zero-order chi connectivity index (χ0) is 35.5. The zero-order valence-corrected chi connectivity index (χ0v) is 26.7. The number of benzene rings is 3. The van der Waals surface area contributed by atoms with Crippen LogP contribution >= 0.6 is 0 Å². The Kier molecular flexibility index (Phi) is 9.14. The lowest BCUT2D eigenvalue weighted by molar-refractivity contribution is -0.130. The molecule has 0 saturated carbocycles. The second-order valence-corrected chi connectivity index (χ2v) is 16.7. The number of carbonyl (C=O) groups is 2. The Balaban J connectivity index is 1.92. The Morgan fingerprint density at radius 1 is 0.787 bits per heavy atom. The maximum atomic E-state index is 13.7. The SMILES string of the molecule is O=C(O)C1=NN(c2ccc3c(S(=O)(=O)O)cccc3c2S(=O)(=O)O)C(=O)C1c1ccc(S(=O)(=O)CCOS(=O)(=O)O)cc1S(=O)(=O)O. The van der Waals surface area contributed by atoms with Crippen LogP contribution in [0.3, 0.4) is 0 Å². The van der Waals surface area contributed by atoms with Crippen molar-refractivity contribution in [2.24, 2.45) is 5.10 Å². The normalized spacial score (nSPS) is 16.4. The summed E-state index contributed by atoms with van der Waals surface area (Å²) in [5.74, 6) is -6.96. The third kappa shape index (κ3) is 7.32. The molecule has 0 radical (unpaired) electrons. The molecule has 1 amide bonds. The van der Waals surface area contributed by atoms with E-state index in [1.165, 1.54) is 0 Å². The van der Waals surface area contributed by atoms with Gasteiger partial charge in [-0.25, -0.2) is 17.4 Å². The molecule has 1 aliphatic rings. The molecule has 4 rings (SSSR count). The number of carbonyl (C=O) groups excluding carboxylic acids is 1. The third-order valence-electron chi connectivity index (χ3n) is 6.39. The van der Waals surface area contributed by atoms with Crippen LogP contribution in [0.4, 0.5) is 5.69 Å². The Bertz CT molecular complexity index is 2460. The van der Waals surface area contributed by atoms with Gasteiger partial charge in [0.2, 0.25) is 0 Å². The van der Waals surface area contributed by atoms with Crippen LogP contribution in [0.25, 0.3) is 10.8 Å². The summed E-state index contributed by atoms with van der Waals surface area (Å²) in [6.07, 6.45) is 0. The van der Waals surface area contributed by atoms with E-state index in [0.29, 0.717) is 18.2 Å². The number of fused-ring (bicyclic) bond motifs is 1. The van der Waals surface area contributed by atoms with Crippen LogP contribution in [-0.2, 0) is 64.4 Å². The van der Waals surface area contributed by atoms with Gasteiger partial charge in [0.05, 0.1) is 27.8 Å². The summed E-state index contributed by atoms with van der Waals surface area (Å²) in [5, 5.41) is 12.5. The second kappa shape index (κ2) is 12.0. The molecule has 254 valence electrons. The summed E-state index contributed by atoms with van der Waals surface area (Å²) in [5.41, 5.74) is -2.94. The van der Waals surface area contributed by atoms with Crippen LogP contribution in [0.1, 0.15) is 11.5 Å². The van der Waals surface area contributed by atoms with Gasteiger partial charge in [-0.2, -0.15) is 43.8 Å². The van der Waals surface area contributed by atoms with Crippen LogP contribution in [-0.4, -0.2) is 95.4 Å². The number of anilines is 1. The molecular weight excluding hydrogens is 741 g/mol. The number of hydrogen-bond donors (Lipinski definition) is 5. The van der Waals surface area contributed by atoms with Crippen LogP contribution in [0.15, 0.2) is 73.2 Å². The first kappa shape index (κ1) is 35.9. The van der Waals surface area contributed by atoms with E-state index in [-0.39, 0.29) is 5.01 Å². The standard InChI is InChI=1S/C22H18N2O18S5/c25-21-18(14-5-4-11(10-17(14)45(33,34)35)43(28,29)9-8-42-47(39,40)41)19(22(26)27)23-24(21)15-7-6-12-13(20(15)46(36,37)38)2-1-3-16(12)44(30,31)32/h1-7,10,18H,8-9H2,(H,26,27)(H,30,31,32)(H,33,34,35)(H,36,37,38)(H,39,40,41). The first-order valence-corrected chi connectivity index (χ1v) is 19.3. The molecule has 0 saturated heterocycles. The lowest BCUT2D eigenvalue weighted by Gasteiger charge is -2.19. The third-order valence-corrected chi connectivity index (χ3v) is 11.3. The summed E-state index contributed by atoms with van der Waals surface area (Å²) >= 11 is 0. The maximum Gasteiger partial charge on any atom is 0.397 e. The van der Waals surface area contributed by atoms with E-state index in [0.717, 1.165) is 30.3 Å². The maximum absolute atomic E-state index is 13.7. The molecule has 20 nitrogen and oxygen atoms in total. The van der Waals surface area contributed by atoms with E-state index in [1.54, 1.807) is 0 Å². The molecule has 1 aliphatic heterocycles. The minimum atomic E-state index is -5.50. The van der Waals surface area contributed by atoms with Crippen molar-refractivity contribution in [3.8, 4) is 0 Å². The Morgan fingerprint density at radius 3 is 1.94 bits per heavy atom. The number of amides is 1. The molecule has 0 fully saturated rings. The highest BCUT2D eigenvalue weighted by Gasteiger charge is 2.45. The molecule has 47 heavy (non-hydrogen) atoms. The average molecular weight is 759 g/mol. The van der Waals surface area contributed by atoms with Crippen molar-refractivity contribution < 1.29 is 79.2 Å². The fourth-order valence-electron chi connectivity index (χ4n) is 4.56. The lowest BCUT2D eigenvalue weighted by atomic mass is 9.93. The largest absolute Gasteiger partial charge is 0.477 e. The number of aliphatic carboxylic acids is 1. The zero-order valence-electron chi connectivity index (χ0n) is 22.6. The van der Waals surface area contributed by atoms with Crippen molar-refractivity contribution in [2.45, 2.75) is 25.5 Å². The Hall–Kier alpha value is -3.92. The van der Waals surface area contributed by atoms with Crippen molar-refractivity contribution in [1.82, 2.24) is 0 Å². The van der Waals surface area contributed by atoms with Gasteiger partial charge in [-0.05, 0) is 29.8 Å². The molecule has 3 aromatic rings. The van der Waals surface area contributed by atoms with E-state index in [9.17, 15) is 70.4 Å². The number of hydrazone groups is 1. The molecule has 1 unspecified atom stereocenters. The van der Waals surface area contributed by atoms with Gasteiger partial charge in [0.1, 0.15) is 15.7 Å². The van der Waals surface area contributed by atoms with Gasteiger partial charge in [-0.3, -0.25) is 23.0 Å². The molecule has 1 atom stereocenters. The first-order chi connectivity index (χ1) is 21.3. The number of rotatable bonds is 11. The molecule has 0 aliphatic carbocycles. The van der Waals surface area contributed by atoms with E-state index in [4.69, 9.17) is 4.55 Å². The van der Waals surface area contributed by atoms with Gasteiger partial charge in [-0.1, -0.05) is 24.3 Å². The molecule has 0 spiro atoms. The predicted molar refractivity (Wildman–Crippen MR) is 155 cm³/mol. The Labute approximate surface area is 265 Å². The monoisotopic (exact) mass is 758 g/mol. The van der Waals surface area contributed by atoms with Crippen LogP contribution in [0, 0.1) is 0 Å². The minimum absolute atomic E-state index is 0.127. The van der Waals surface area contributed by atoms with Gasteiger partial charge in [0, 0.05) is 10.8 Å². The average Bonchev–Trinajstić information content (AvgIpc) is 3.26. The van der Waals surface area contributed by atoms with E-state index in [1.807, 2.05) is 0 Å². The summed E-state index contributed by atoms with van der Waals surface area (Å²) in [6.45, 7) is -1.14. The molecule has 25 heteroatoms. The second-order valence-electron chi connectivity index (χ2n) is 9.33. The van der Waals surface area contributed by atoms with E-state index < -0.39 is 128 Å². The van der Waals surface area contributed by atoms with Crippen LogP contribution in [0.2, 0.25) is 0 Å². The molecule has 1 heterocycles. The summed E-state index contributed by atoms with van der Waals surface area (Å²) < 4.78 is 162. The predicted octanol–water partition coefficient (Wildman–Crippen LogP) is -0.256. The fraction of sp³-hybridized carbons (Fsp3) is 0.136. The minimum Gasteiger partial charge on any atom is -0.477 e. The quantitative estimate of drug-likeness (QED) is 0.157. The summed E-state index contributed by atoms with van der Waals surface area (Å²) in [7, 11) is -25.6. The topological polar surface area (TPSA) is 331 Å². The summed E-state index contributed by atoms with van der Waals surface area (Å²) in [6, 6.07) is 5.97. The van der Waals surface area contributed by atoms with Crippen molar-refractivity contribution in [1.29, 1.82) is 0 Å². The molecule has 0 bridgehead atoms. The lowest BCUT2D eigenvalue weighted by Crippen LogP contribution is -2.30. The highest BCUT2D eigenvalue weighted by atomic mass is 32.3. The smallest absolute Gasteiger partial charge is 0.397 e. The van der Waals surface area contributed by atoms with Gasteiger partial charge in [0.25, 0.3) is 36.3 Å². The molecule has 3 aromatic carbocycles. The Morgan fingerprint density at radius 2 is 1.40 bits per heavy atom. The first-order valence-electron chi connectivity index (χ1n) is 12.0. The van der Waals surface area contributed by atoms with Crippen molar-refractivity contribution in [3.63, 3.8) is 0 Å². The number of nitrogens with zero attached hydrogens (tertiary/aromatic N) is 2. The molecule has 5 N–H and O–H groups in total. The summed E-state index contributed by atoms with van der Waals surface area (Å²) in [4.78, 5) is 21.6. The van der Waals surface area contributed by atoms with Gasteiger partial charge >= 0.3 is 16.4 Å². The molecular formula is C22H18N2O18S5. The van der Waals surface area contributed by atoms with Crippen LogP contribution in [0.5, 0.6) is 0 Å². The highest BCUT2D eigenvalue weighted by Crippen LogP contribution is 2.40. The molecule has 0 aromatic heterocycles. The van der Waals surface area contributed by atoms with Crippen molar-refractivity contribution >= 4 is 84.6 Å². The fourth-order valence-corrected chi connectivity index (χ4v) is 8.49. The number of carboxylic acid groups (broad SMARTS) is 1. The van der Waals surface area contributed by atoms with E-state index >= 15 is 0 Å². The van der Waals surface area contributed by atoms with Gasteiger partial charge in [-0.15, -0.1) is 0 Å². The van der Waals surface area contributed by atoms with E-state index in [2.05, 4.69) is 9.28 Å². The van der Waals surface area contributed by atoms with Crippen molar-refractivity contribution in [3.05, 3.63) is 54.1 Å². The van der Waals surface area contributed by atoms with Gasteiger partial charge < -0.3 is 5.11 Å². The number of sulfone groups is 1. The van der Waals surface area contributed by atoms with Gasteiger partial charge in [0.15, 0.2) is 15.5 Å². The van der Waals surface area contributed by atoms with Crippen LogP contribution < -0.4 is 5.01 Å².